The predicted molar refractivity (Wildman–Crippen MR) is 69.3 cm³/mol. The Labute approximate surface area is 111 Å². The Morgan fingerprint density at radius 1 is 1.21 bits per heavy atom. The number of carbonyl (C=O) groups is 2. The van der Waals surface area contributed by atoms with Gasteiger partial charge in [-0.15, -0.1) is 0 Å². The van der Waals surface area contributed by atoms with E-state index in [-0.39, 0.29) is 11.5 Å². The molecule has 0 bridgehead atoms. The van der Waals surface area contributed by atoms with Crippen LogP contribution in [0.2, 0.25) is 0 Å². The smallest absolute Gasteiger partial charge is 0.335 e. The van der Waals surface area contributed by atoms with E-state index < -0.39 is 5.97 Å². The molecule has 0 heterocycles. The number of carbonyl (C=O) groups excluding carboxylic acids is 1. The van der Waals surface area contributed by atoms with Crippen molar-refractivity contribution < 1.29 is 19.4 Å². The minimum absolute atomic E-state index is 0.171. The van der Waals surface area contributed by atoms with Crippen LogP contribution in [0.3, 0.4) is 0 Å². The highest BCUT2D eigenvalue weighted by atomic mass is 16.5. The first kappa shape index (κ1) is 13.5. The lowest BCUT2D eigenvalue weighted by atomic mass is 10.1. The fourth-order valence-corrected chi connectivity index (χ4v) is 1.64. The third-order valence-electron chi connectivity index (χ3n) is 2.98. The fourth-order valence-electron chi connectivity index (χ4n) is 1.64. The maximum absolute atomic E-state index is 11.7. The number of aromatic carboxylic acids is 1. The third kappa shape index (κ3) is 4.37. The second kappa shape index (κ2) is 6.33. The maximum Gasteiger partial charge on any atom is 0.335 e. The second-order valence-electron chi connectivity index (χ2n) is 4.66. The minimum atomic E-state index is -1.000. The van der Waals surface area contributed by atoms with E-state index in [0.717, 1.165) is 12.5 Å². The van der Waals surface area contributed by atoms with Crippen LogP contribution in [0.1, 0.15) is 33.6 Å². The number of carboxylic acids is 1. The summed E-state index contributed by atoms with van der Waals surface area (Å²) in [5.41, 5.74) is 0.622. The molecule has 5 heteroatoms. The summed E-state index contributed by atoms with van der Waals surface area (Å²) >= 11 is 0. The average Bonchev–Trinajstić information content (AvgIpc) is 3.22. The van der Waals surface area contributed by atoms with Crippen LogP contribution in [-0.2, 0) is 4.74 Å². The van der Waals surface area contributed by atoms with Gasteiger partial charge in [-0.25, -0.2) is 4.79 Å². The van der Waals surface area contributed by atoms with Crippen LogP contribution < -0.4 is 5.32 Å². The predicted octanol–water partition coefficient (Wildman–Crippen LogP) is 1.54. The van der Waals surface area contributed by atoms with Gasteiger partial charge in [-0.05, 0) is 43.0 Å². The molecule has 5 nitrogen and oxygen atoms in total. The minimum Gasteiger partial charge on any atom is -0.478 e. The molecule has 0 aliphatic heterocycles. The van der Waals surface area contributed by atoms with E-state index in [1.807, 2.05) is 0 Å². The van der Waals surface area contributed by atoms with Gasteiger partial charge < -0.3 is 15.2 Å². The number of hydrogen-bond acceptors (Lipinski definition) is 3. The lowest BCUT2D eigenvalue weighted by Crippen LogP contribution is -2.27. The Bertz CT molecular complexity index is 451. The normalized spacial score (nSPS) is 14.1. The third-order valence-corrected chi connectivity index (χ3v) is 2.98. The lowest BCUT2D eigenvalue weighted by molar-refractivity contribution is 0.0696. The number of rotatable bonds is 7. The van der Waals surface area contributed by atoms with Gasteiger partial charge in [0, 0.05) is 18.7 Å². The largest absolute Gasteiger partial charge is 0.478 e. The highest BCUT2D eigenvalue weighted by molar-refractivity contribution is 5.95. The molecule has 0 aromatic heterocycles. The van der Waals surface area contributed by atoms with Crippen LogP contribution in [0.15, 0.2) is 24.3 Å². The number of carboxylic acid groups (broad SMARTS) is 1. The molecule has 2 rings (SSSR count). The summed E-state index contributed by atoms with van der Waals surface area (Å²) in [5.74, 6) is -0.494. The van der Waals surface area contributed by atoms with E-state index in [9.17, 15) is 9.59 Å². The molecule has 1 aromatic carbocycles. The summed E-state index contributed by atoms with van der Waals surface area (Å²) in [6.45, 7) is 1.75. The van der Waals surface area contributed by atoms with Gasteiger partial charge in [0.15, 0.2) is 0 Å². The molecule has 0 radical (unpaired) electrons. The molecule has 102 valence electrons. The summed E-state index contributed by atoms with van der Waals surface area (Å²) in [6, 6.07) is 5.84. The van der Waals surface area contributed by atoms with E-state index in [0.29, 0.717) is 18.7 Å². The van der Waals surface area contributed by atoms with Crippen molar-refractivity contribution in [3.63, 3.8) is 0 Å². The standard InChI is InChI=1S/C14H17NO4/c16-13(15-7-8-19-9-10-1-2-10)11-3-5-12(6-4-11)14(17)18/h3-6,10H,1-2,7-9H2,(H,15,16)(H,17,18). The van der Waals surface area contributed by atoms with Gasteiger partial charge in [0.2, 0.25) is 0 Å². The summed E-state index contributed by atoms with van der Waals surface area (Å²) in [7, 11) is 0. The molecule has 0 saturated heterocycles. The number of ether oxygens (including phenoxy) is 1. The molecule has 1 aromatic rings. The number of amides is 1. The molecule has 1 saturated carbocycles. The first-order valence-electron chi connectivity index (χ1n) is 6.36. The van der Waals surface area contributed by atoms with Crippen LogP contribution in [-0.4, -0.2) is 36.7 Å². The average molecular weight is 263 g/mol. The highest BCUT2D eigenvalue weighted by Crippen LogP contribution is 2.28. The second-order valence-corrected chi connectivity index (χ2v) is 4.66. The molecule has 1 amide bonds. The summed E-state index contributed by atoms with van der Waals surface area (Å²) in [6.07, 6.45) is 2.50. The summed E-state index contributed by atoms with van der Waals surface area (Å²) < 4.78 is 5.40. The monoisotopic (exact) mass is 263 g/mol. The fraction of sp³-hybridized carbons (Fsp3) is 0.429. The SMILES string of the molecule is O=C(O)c1ccc(C(=O)NCCOCC2CC2)cc1. The summed E-state index contributed by atoms with van der Waals surface area (Å²) in [5, 5.41) is 11.5. The van der Waals surface area contributed by atoms with Crippen molar-refractivity contribution in [1.82, 2.24) is 5.32 Å². The van der Waals surface area contributed by atoms with E-state index in [2.05, 4.69) is 5.32 Å². The lowest BCUT2D eigenvalue weighted by Gasteiger charge is -2.06. The van der Waals surface area contributed by atoms with E-state index in [4.69, 9.17) is 9.84 Å². The van der Waals surface area contributed by atoms with Gasteiger partial charge in [0.05, 0.1) is 12.2 Å². The van der Waals surface area contributed by atoms with Gasteiger partial charge in [0.1, 0.15) is 0 Å². The van der Waals surface area contributed by atoms with E-state index >= 15 is 0 Å². The van der Waals surface area contributed by atoms with Crippen molar-refractivity contribution in [2.45, 2.75) is 12.8 Å². The van der Waals surface area contributed by atoms with Gasteiger partial charge in [-0.3, -0.25) is 4.79 Å². The van der Waals surface area contributed by atoms with Crippen LogP contribution in [0.5, 0.6) is 0 Å². The van der Waals surface area contributed by atoms with Crippen molar-refractivity contribution in [1.29, 1.82) is 0 Å². The molecule has 1 aliphatic rings. The molecule has 1 fully saturated rings. The zero-order valence-corrected chi connectivity index (χ0v) is 10.6. The molecular formula is C14H17NO4. The zero-order valence-electron chi connectivity index (χ0n) is 10.6. The number of hydrogen-bond donors (Lipinski definition) is 2. The van der Waals surface area contributed by atoms with Crippen molar-refractivity contribution in [3.8, 4) is 0 Å². The zero-order chi connectivity index (χ0) is 13.7. The van der Waals surface area contributed by atoms with Gasteiger partial charge >= 0.3 is 5.97 Å². The first-order valence-corrected chi connectivity index (χ1v) is 6.36. The number of benzene rings is 1. The Kier molecular flexibility index (Phi) is 4.52. The van der Waals surface area contributed by atoms with E-state index in [1.165, 1.54) is 37.1 Å². The van der Waals surface area contributed by atoms with Crippen LogP contribution in [0.25, 0.3) is 0 Å². The molecular weight excluding hydrogens is 246 g/mol. The first-order chi connectivity index (χ1) is 9.16. The number of nitrogens with one attached hydrogen (secondary N) is 1. The Balaban J connectivity index is 1.70. The van der Waals surface area contributed by atoms with Crippen LogP contribution in [0, 0.1) is 5.92 Å². The molecule has 2 N–H and O–H groups in total. The van der Waals surface area contributed by atoms with Crippen LogP contribution in [0.4, 0.5) is 0 Å². The van der Waals surface area contributed by atoms with E-state index in [1.54, 1.807) is 0 Å². The highest BCUT2D eigenvalue weighted by Gasteiger charge is 2.20. The Hall–Kier alpha value is -1.88. The molecule has 0 atom stereocenters. The maximum atomic E-state index is 11.7. The Morgan fingerprint density at radius 2 is 1.84 bits per heavy atom. The Morgan fingerprint density at radius 3 is 2.42 bits per heavy atom. The van der Waals surface area contributed by atoms with Crippen molar-refractivity contribution in [2.24, 2.45) is 5.92 Å². The summed E-state index contributed by atoms with van der Waals surface area (Å²) in [4.78, 5) is 22.4. The topological polar surface area (TPSA) is 75.6 Å². The molecule has 19 heavy (non-hydrogen) atoms. The van der Waals surface area contributed by atoms with Crippen molar-refractivity contribution in [2.75, 3.05) is 19.8 Å². The molecule has 0 unspecified atom stereocenters. The van der Waals surface area contributed by atoms with Crippen molar-refractivity contribution >= 4 is 11.9 Å². The molecule has 0 spiro atoms. The molecule has 1 aliphatic carbocycles. The van der Waals surface area contributed by atoms with Crippen LogP contribution >= 0.6 is 0 Å². The quantitative estimate of drug-likeness (QED) is 0.732. The van der Waals surface area contributed by atoms with Gasteiger partial charge in [-0.1, -0.05) is 0 Å². The van der Waals surface area contributed by atoms with Crippen molar-refractivity contribution in [3.05, 3.63) is 35.4 Å². The van der Waals surface area contributed by atoms with Gasteiger partial charge in [0.25, 0.3) is 5.91 Å². The van der Waals surface area contributed by atoms with Gasteiger partial charge in [-0.2, -0.15) is 0 Å².